The van der Waals surface area contributed by atoms with Crippen LogP contribution in [-0.4, -0.2) is 44.3 Å². The highest BCUT2D eigenvalue weighted by Crippen LogP contribution is 2.28. The Kier molecular flexibility index (Phi) is 5.16. The molecular weight excluding hydrogens is 293 g/mol. The van der Waals surface area contributed by atoms with Crippen LogP contribution in [0.15, 0.2) is 0 Å². The van der Waals surface area contributed by atoms with Crippen molar-refractivity contribution >= 4 is 16.1 Å². The fourth-order valence-electron chi connectivity index (χ4n) is 1.68. The summed E-state index contributed by atoms with van der Waals surface area (Å²) < 4.78 is 66.6. The van der Waals surface area contributed by atoms with Gasteiger partial charge in [-0.1, -0.05) is 0 Å². The number of halogens is 3. The minimum atomic E-state index is -5.91. The van der Waals surface area contributed by atoms with E-state index in [1.165, 1.54) is 0 Å². The predicted molar refractivity (Wildman–Crippen MR) is 55.6 cm³/mol. The number of hydrogen-bond donors (Lipinski definition) is 1. The Balaban J connectivity index is 2.71. The van der Waals surface area contributed by atoms with E-state index in [1.807, 2.05) is 0 Å². The van der Waals surface area contributed by atoms with Gasteiger partial charge in [-0.3, -0.25) is 0 Å². The quantitative estimate of drug-likeness (QED) is 0.605. The maximum absolute atomic E-state index is 12.1. The first-order chi connectivity index (χ1) is 8.63. The first kappa shape index (κ1) is 16.2. The molecular formula is C9H13F3O6S. The number of carboxylic acids is 1. The summed E-state index contributed by atoms with van der Waals surface area (Å²) >= 11 is 0. The molecule has 1 aliphatic heterocycles. The fourth-order valence-corrected chi connectivity index (χ4v) is 2.26. The van der Waals surface area contributed by atoms with Crippen molar-refractivity contribution < 1.29 is 40.4 Å². The van der Waals surface area contributed by atoms with E-state index < -0.39 is 27.7 Å². The summed E-state index contributed by atoms with van der Waals surface area (Å²) in [7, 11) is -5.91. The summed E-state index contributed by atoms with van der Waals surface area (Å²) in [4.78, 5) is 10.8. The molecule has 1 N–H and O–H groups in total. The fraction of sp³-hybridized carbons (Fsp3) is 0.889. The minimum absolute atomic E-state index is 0.180. The van der Waals surface area contributed by atoms with Crippen molar-refractivity contribution in [2.45, 2.75) is 30.9 Å². The van der Waals surface area contributed by atoms with Crippen molar-refractivity contribution in [2.75, 3.05) is 13.2 Å². The van der Waals surface area contributed by atoms with Gasteiger partial charge in [0.25, 0.3) is 0 Å². The number of alkyl halides is 3. The third-order valence-corrected chi connectivity index (χ3v) is 3.66. The number of aliphatic carboxylic acids is 1. The van der Waals surface area contributed by atoms with Gasteiger partial charge in [0.15, 0.2) is 6.10 Å². The molecule has 0 aromatic rings. The molecule has 0 spiro atoms. The number of rotatable bonds is 5. The van der Waals surface area contributed by atoms with E-state index in [-0.39, 0.29) is 18.9 Å². The molecule has 0 amide bonds. The van der Waals surface area contributed by atoms with E-state index in [2.05, 4.69) is 4.18 Å². The zero-order valence-electron chi connectivity index (χ0n) is 9.72. The van der Waals surface area contributed by atoms with E-state index in [1.54, 1.807) is 0 Å². The average molecular weight is 306 g/mol. The highest BCUT2D eigenvalue weighted by atomic mass is 32.2. The largest absolute Gasteiger partial charge is 0.523 e. The van der Waals surface area contributed by atoms with Crippen LogP contribution in [0, 0.1) is 5.92 Å². The predicted octanol–water partition coefficient (Wildman–Crippen LogP) is 1.12. The molecule has 1 fully saturated rings. The van der Waals surface area contributed by atoms with Crippen LogP contribution in [0.5, 0.6) is 0 Å². The van der Waals surface area contributed by atoms with Crippen molar-refractivity contribution in [2.24, 2.45) is 5.92 Å². The molecule has 1 saturated heterocycles. The van der Waals surface area contributed by atoms with Crippen LogP contribution in [0.25, 0.3) is 0 Å². The Bertz CT molecular complexity index is 412. The topological polar surface area (TPSA) is 89.9 Å². The normalized spacial score (nSPS) is 23.0. The van der Waals surface area contributed by atoms with Crippen LogP contribution in [0.2, 0.25) is 0 Å². The zero-order chi connectivity index (χ0) is 14.7. The first-order valence-electron chi connectivity index (χ1n) is 5.43. The molecule has 19 heavy (non-hydrogen) atoms. The summed E-state index contributed by atoms with van der Waals surface area (Å²) in [5.74, 6) is -2.09. The standard InChI is InChI=1S/C9H13F3O6S/c10-9(11,12)19(15,16)18-7(8(13)14)4-6-2-1-3-17-5-6/h6-7H,1-5H2,(H,13,14). The van der Waals surface area contributed by atoms with Crippen molar-refractivity contribution in [1.82, 2.24) is 0 Å². The smallest absolute Gasteiger partial charge is 0.479 e. The number of carboxylic acid groups (broad SMARTS) is 1. The van der Waals surface area contributed by atoms with E-state index >= 15 is 0 Å². The third-order valence-electron chi connectivity index (χ3n) is 2.60. The summed E-state index contributed by atoms with van der Waals surface area (Å²) in [5, 5.41) is 8.74. The molecule has 1 heterocycles. The molecule has 0 aromatic heterocycles. The van der Waals surface area contributed by atoms with Crippen LogP contribution in [0.4, 0.5) is 13.2 Å². The molecule has 0 radical (unpaired) electrons. The van der Waals surface area contributed by atoms with Gasteiger partial charge < -0.3 is 9.84 Å². The molecule has 112 valence electrons. The highest BCUT2D eigenvalue weighted by molar-refractivity contribution is 7.87. The maximum atomic E-state index is 12.1. The number of hydrogen-bond acceptors (Lipinski definition) is 5. The molecule has 0 saturated carbocycles. The van der Waals surface area contributed by atoms with Gasteiger partial charge in [0.1, 0.15) is 0 Å². The van der Waals surface area contributed by atoms with E-state index in [9.17, 15) is 26.4 Å². The lowest BCUT2D eigenvalue weighted by molar-refractivity contribution is -0.147. The average Bonchev–Trinajstić information content (AvgIpc) is 2.27. The van der Waals surface area contributed by atoms with Crippen LogP contribution in [0.1, 0.15) is 19.3 Å². The Hall–Kier alpha value is -0.870. The van der Waals surface area contributed by atoms with Gasteiger partial charge in [0.05, 0.1) is 0 Å². The van der Waals surface area contributed by atoms with Crippen LogP contribution < -0.4 is 0 Å². The second kappa shape index (κ2) is 6.06. The Labute approximate surface area is 107 Å². The van der Waals surface area contributed by atoms with Crippen molar-refractivity contribution in [3.05, 3.63) is 0 Å². The molecule has 6 nitrogen and oxygen atoms in total. The molecule has 0 aliphatic carbocycles. The number of carbonyl (C=O) groups is 1. The summed E-state index contributed by atoms with van der Waals surface area (Å²) in [6.07, 6.45) is -1.20. The molecule has 0 aromatic carbocycles. The van der Waals surface area contributed by atoms with Gasteiger partial charge >= 0.3 is 21.6 Å². The molecule has 2 atom stereocenters. The van der Waals surface area contributed by atoms with E-state index in [0.717, 1.165) is 0 Å². The van der Waals surface area contributed by atoms with Gasteiger partial charge in [-0.15, -0.1) is 0 Å². The van der Waals surface area contributed by atoms with Crippen molar-refractivity contribution in [3.63, 3.8) is 0 Å². The lowest BCUT2D eigenvalue weighted by Gasteiger charge is -2.24. The minimum Gasteiger partial charge on any atom is -0.479 e. The monoisotopic (exact) mass is 306 g/mol. The van der Waals surface area contributed by atoms with Crippen LogP contribution >= 0.6 is 0 Å². The lowest BCUT2D eigenvalue weighted by atomic mass is 9.96. The van der Waals surface area contributed by atoms with E-state index in [4.69, 9.17) is 9.84 Å². The lowest BCUT2D eigenvalue weighted by Crippen LogP contribution is -2.36. The zero-order valence-corrected chi connectivity index (χ0v) is 10.5. The molecule has 1 rings (SSSR count). The van der Waals surface area contributed by atoms with Crippen molar-refractivity contribution in [1.29, 1.82) is 0 Å². The Morgan fingerprint density at radius 3 is 2.53 bits per heavy atom. The second-order valence-electron chi connectivity index (χ2n) is 4.14. The van der Waals surface area contributed by atoms with Gasteiger partial charge in [-0.25, -0.2) is 8.98 Å². The SMILES string of the molecule is O=C(O)C(CC1CCCOC1)OS(=O)(=O)C(F)(F)F. The Morgan fingerprint density at radius 1 is 1.47 bits per heavy atom. The molecule has 2 unspecified atom stereocenters. The van der Waals surface area contributed by atoms with Gasteiger partial charge in [-0.2, -0.15) is 21.6 Å². The van der Waals surface area contributed by atoms with Gasteiger partial charge in [0.2, 0.25) is 0 Å². The summed E-state index contributed by atoms with van der Waals surface area (Å²) in [6.45, 7) is 0.676. The second-order valence-corrected chi connectivity index (χ2v) is 5.71. The van der Waals surface area contributed by atoms with Crippen LogP contribution in [-0.2, 0) is 23.8 Å². The molecule has 0 bridgehead atoms. The first-order valence-corrected chi connectivity index (χ1v) is 6.84. The summed E-state index contributed by atoms with van der Waals surface area (Å²) in [5.41, 5.74) is -5.64. The Morgan fingerprint density at radius 2 is 2.11 bits per heavy atom. The summed E-state index contributed by atoms with van der Waals surface area (Å²) in [6, 6.07) is 0. The van der Waals surface area contributed by atoms with Gasteiger partial charge in [0, 0.05) is 13.2 Å². The number of ether oxygens (including phenoxy) is 1. The van der Waals surface area contributed by atoms with E-state index in [0.29, 0.717) is 19.4 Å². The van der Waals surface area contributed by atoms with Gasteiger partial charge in [-0.05, 0) is 25.2 Å². The molecule has 1 aliphatic rings. The molecule has 10 heteroatoms. The van der Waals surface area contributed by atoms with Crippen LogP contribution in [0.3, 0.4) is 0 Å². The highest BCUT2D eigenvalue weighted by Gasteiger charge is 2.49. The maximum Gasteiger partial charge on any atom is 0.523 e. The third kappa shape index (κ3) is 4.62. The van der Waals surface area contributed by atoms with Crippen molar-refractivity contribution in [3.8, 4) is 0 Å².